The van der Waals surface area contributed by atoms with Gasteiger partial charge in [0, 0.05) is 16.2 Å². The van der Waals surface area contributed by atoms with Gasteiger partial charge in [0.2, 0.25) is 0 Å². The van der Waals surface area contributed by atoms with E-state index in [1.807, 2.05) is 12.1 Å². The molecule has 1 atom stereocenters. The highest BCUT2D eigenvalue weighted by Gasteiger charge is 2.08. The molecule has 0 radical (unpaired) electrons. The van der Waals surface area contributed by atoms with E-state index in [0.717, 1.165) is 14.5 Å². The lowest BCUT2D eigenvalue weighted by Crippen LogP contribution is -2.06. The standard InChI is InChI=1S/C13H13BrClNS/c1-8-5-11(14)3-4-12(8)16-9(2)10-6-13(15)17-7-10/h3-7,9,16H,1-2H3. The van der Waals surface area contributed by atoms with Crippen molar-refractivity contribution in [3.05, 3.63) is 49.6 Å². The Bertz CT molecular complexity index is 524. The van der Waals surface area contributed by atoms with Gasteiger partial charge in [0.1, 0.15) is 0 Å². The number of halogens is 2. The fourth-order valence-electron chi connectivity index (χ4n) is 1.66. The SMILES string of the molecule is Cc1cc(Br)ccc1NC(C)c1csc(Cl)c1. The number of aryl methyl sites for hydroxylation is 1. The fourth-order valence-corrected chi connectivity index (χ4v) is 3.12. The molecule has 90 valence electrons. The summed E-state index contributed by atoms with van der Waals surface area (Å²) in [5, 5.41) is 5.59. The van der Waals surface area contributed by atoms with Crippen LogP contribution in [0.5, 0.6) is 0 Å². The van der Waals surface area contributed by atoms with Crippen molar-refractivity contribution >= 4 is 44.6 Å². The van der Waals surface area contributed by atoms with Crippen LogP contribution in [0.1, 0.15) is 24.1 Å². The predicted octanol–water partition coefficient (Wildman–Crippen LogP) is 5.65. The van der Waals surface area contributed by atoms with Gasteiger partial charge in [-0.2, -0.15) is 0 Å². The number of hydrogen-bond donors (Lipinski definition) is 1. The van der Waals surface area contributed by atoms with Gasteiger partial charge in [-0.25, -0.2) is 0 Å². The van der Waals surface area contributed by atoms with E-state index in [0.29, 0.717) is 0 Å². The lowest BCUT2D eigenvalue weighted by atomic mass is 10.1. The molecule has 0 bridgehead atoms. The smallest absolute Gasteiger partial charge is 0.0931 e. The third-order valence-corrected chi connectivity index (χ3v) is 4.25. The van der Waals surface area contributed by atoms with Gasteiger partial charge >= 0.3 is 0 Å². The predicted molar refractivity (Wildman–Crippen MR) is 80.2 cm³/mol. The van der Waals surface area contributed by atoms with Crippen molar-refractivity contribution in [2.24, 2.45) is 0 Å². The number of anilines is 1. The van der Waals surface area contributed by atoms with Gasteiger partial charge in [0.25, 0.3) is 0 Å². The molecule has 2 aromatic rings. The summed E-state index contributed by atoms with van der Waals surface area (Å²) in [7, 11) is 0. The fraction of sp³-hybridized carbons (Fsp3) is 0.231. The van der Waals surface area contributed by atoms with Crippen molar-refractivity contribution in [3.8, 4) is 0 Å². The van der Waals surface area contributed by atoms with E-state index in [2.05, 4.69) is 52.6 Å². The summed E-state index contributed by atoms with van der Waals surface area (Å²) in [6, 6.07) is 8.51. The normalized spacial score (nSPS) is 12.5. The molecule has 1 unspecified atom stereocenters. The third-order valence-electron chi connectivity index (χ3n) is 2.65. The Morgan fingerprint density at radius 1 is 1.35 bits per heavy atom. The lowest BCUT2D eigenvalue weighted by molar-refractivity contribution is 0.888. The molecule has 17 heavy (non-hydrogen) atoms. The average Bonchev–Trinajstić information content (AvgIpc) is 2.69. The van der Waals surface area contributed by atoms with Crippen LogP contribution in [0.25, 0.3) is 0 Å². The highest BCUT2D eigenvalue weighted by Crippen LogP contribution is 2.28. The largest absolute Gasteiger partial charge is 0.378 e. The molecule has 0 aliphatic carbocycles. The van der Waals surface area contributed by atoms with Crippen LogP contribution in [0.2, 0.25) is 4.34 Å². The van der Waals surface area contributed by atoms with Crippen LogP contribution < -0.4 is 5.32 Å². The molecule has 0 spiro atoms. The number of hydrogen-bond acceptors (Lipinski definition) is 2. The molecule has 1 aromatic carbocycles. The van der Waals surface area contributed by atoms with E-state index in [4.69, 9.17) is 11.6 Å². The average molecular weight is 331 g/mol. The highest BCUT2D eigenvalue weighted by atomic mass is 79.9. The molecule has 4 heteroatoms. The van der Waals surface area contributed by atoms with E-state index in [-0.39, 0.29) is 6.04 Å². The van der Waals surface area contributed by atoms with Gasteiger partial charge in [-0.3, -0.25) is 0 Å². The topological polar surface area (TPSA) is 12.0 Å². The van der Waals surface area contributed by atoms with Crippen LogP contribution >= 0.6 is 38.9 Å². The van der Waals surface area contributed by atoms with E-state index in [1.54, 1.807) is 11.3 Å². The summed E-state index contributed by atoms with van der Waals surface area (Å²) in [5.41, 5.74) is 3.61. The van der Waals surface area contributed by atoms with Crippen molar-refractivity contribution in [2.45, 2.75) is 19.9 Å². The Morgan fingerprint density at radius 3 is 2.71 bits per heavy atom. The van der Waals surface area contributed by atoms with Gasteiger partial charge in [-0.05, 0) is 54.6 Å². The number of nitrogens with one attached hydrogen (secondary N) is 1. The number of rotatable bonds is 3. The quantitative estimate of drug-likeness (QED) is 0.767. The van der Waals surface area contributed by atoms with Gasteiger partial charge in [0.15, 0.2) is 0 Å². The third kappa shape index (κ3) is 3.24. The molecule has 1 aromatic heterocycles. The van der Waals surface area contributed by atoms with Crippen LogP contribution in [0.3, 0.4) is 0 Å². The monoisotopic (exact) mass is 329 g/mol. The minimum Gasteiger partial charge on any atom is -0.378 e. The second-order valence-electron chi connectivity index (χ2n) is 4.01. The van der Waals surface area contributed by atoms with Crippen molar-refractivity contribution in [1.29, 1.82) is 0 Å². The maximum Gasteiger partial charge on any atom is 0.0931 e. The van der Waals surface area contributed by atoms with Crippen molar-refractivity contribution < 1.29 is 0 Å². The molecule has 0 fully saturated rings. The highest BCUT2D eigenvalue weighted by molar-refractivity contribution is 9.10. The van der Waals surface area contributed by atoms with Crippen LogP contribution in [-0.2, 0) is 0 Å². The molecular formula is C13H13BrClNS. The first-order valence-corrected chi connectivity index (χ1v) is 7.38. The molecule has 0 aliphatic heterocycles. The second-order valence-corrected chi connectivity index (χ2v) is 6.47. The number of thiophene rings is 1. The summed E-state index contributed by atoms with van der Waals surface area (Å²) in [5.74, 6) is 0. The van der Waals surface area contributed by atoms with Crippen LogP contribution in [-0.4, -0.2) is 0 Å². The summed E-state index contributed by atoms with van der Waals surface area (Å²) >= 11 is 11.0. The summed E-state index contributed by atoms with van der Waals surface area (Å²) in [6.07, 6.45) is 0. The van der Waals surface area contributed by atoms with E-state index < -0.39 is 0 Å². The molecule has 0 amide bonds. The van der Waals surface area contributed by atoms with Crippen molar-refractivity contribution in [2.75, 3.05) is 5.32 Å². The van der Waals surface area contributed by atoms with E-state index in [9.17, 15) is 0 Å². The zero-order chi connectivity index (χ0) is 12.4. The molecule has 1 heterocycles. The first-order valence-electron chi connectivity index (χ1n) is 5.33. The minimum atomic E-state index is 0.263. The molecule has 1 nitrogen and oxygen atoms in total. The Kier molecular flexibility index (Phi) is 4.13. The lowest BCUT2D eigenvalue weighted by Gasteiger charge is -2.16. The zero-order valence-corrected chi connectivity index (χ0v) is 12.8. The van der Waals surface area contributed by atoms with Gasteiger partial charge < -0.3 is 5.32 Å². The van der Waals surface area contributed by atoms with Crippen LogP contribution in [0.15, 0.2) is 34.1 Å². The Hall–Kier alpha value is -0.510. The van der Waals surface area contributed by atoms with Crippen LogP contribution in [0.4, 0.5) is 5.69 Å². The molecule has 0 saturated heterocycles. The van der Waals surface area contributed by atoms with Crippen molar-refractivity contribution in [1.82, 2.24) is 0 Å². The van der Waals surface area contributed by atoms with Gasteiger partial charge in [-0.15, -0.1) is 11.3 Å². The minimum absolute atomic E-state index is 0.263. The summed E-state index contributed by atoms with van der Waals surface area (Å²) in [6.45, 7) is 4.24. The van der Waals surface area contributed by atoms with Gasteiger partial charge in [0.05, 0.1) is 4.34 Å². The van der Waals surface area contributed by atoms with Crippen LogP contribution in [0, 0.1) is 6.92 Å². The van der Waals surface area contributed by atoms with Crippen molar-refractivity contribution in [3.63, 3.8) is 0 Å². The summed E-state index contributed by atoms with van der Waals surface area (Å²) < 4.78 is 1.94. The van der Waals surface area contributed by atoms with E-state index >= 15 is 0 Å². The molecular weight excluding hydrogens is 318 g/mol. The van der Waals surface area contributed by atoms with E-state index in [1.165, 1.54) is 11.1 Å². The Morgan fingerprint density at radius 2 is 2.12 bits per heavy atom. The summed E-state index contributed by atoms with van der Waals surface area (Å²) in [4.78, 5) is 0. The molecule has 0 aliphatic rings. The first kappa shape index (κ1) is 12.9. The molecule has 1 N–H and O–H groups in total. The first-order chi connectivity index (χ1) is 8.06. The van der Waals surface area contributed by atoms with Gasteiger partial charge in [-0.1, -0.05) is 27.5 Å². The molecule has 2 rings (SSSR count). The maximum atomic E-state index is 5.94. The zero-order valence-electron chi connectivity index (χ0n) is 9.63. The maximum absolute atomic E-state index is 5.94. The Balaban J connectivity index is 2.15. The Labute approximate surface area is 119 Å². The number of benzene rings is 1. The second kappa shape index (κ2) is 5.42. The molecule has 0 saturated carbocycles.